The molecule has 0 amide bonds. The van der Waals surface area contributed by atoms with Gasteiger partial charge in [-0.05, 0) is 11.7 Å². The van der Waals surface area contributed by atoms with Crippen LogP contribution in [0.3, 0.4) is 0 Å². The van der Waals surface area contributed by atoms with E-state index in [1.54, 1.807) is 0 Å². The molecule has 0 saturated carbocycles. The van der Waals surface area contributed by atoms with Crippen molar-refractivity contribution >= 4 is 29.4 Å². The van der Waals surface area contributed by atoms with Gasteiger partial charge in [-0.25, -0.2) is 0 Å². The Morgan fingerprint density at radius 2 is 2.20 bits per heavy atom. The Bertz CT molecular complexity index is 85.7. The number of hydrogen-bond donors (Lipinski definition) is 3. The number of nitrogens with two attached hydrogens (primary N) is 2. The summed E-state index contributed by atoms with van der Waals surface area (Å²) in [6.45, 7) is 0.443. The van der Waals surface area contributed by atoms with Crippen molar-refractivity contribution in [2.75, 3.05) is 12.3 Å². The van der Waals surface area contributed by atoms with Crippen molar-refractivity contribution in [3.8, 4) is 0 Å². The van der Waals surface area contributed by atoms with E-state index in [0.717, 1.165) is 0 Å². The lowest BCUT2D eigenvalue weighted by Crippen LogP contribution is -2.21. The number of hydrogen-bond acceptors (Lipinski definition) is 5. The van der Waals surface area contributed by atoms with Gasteiger partial charge in [-0.1, -0.05) is 21.6 Å². The summed E-state index contributed by atoms with van der Waals surface area (Å²) < 4.78 is 0. The van der Waals surface area contributed by atoms with E-state index >= 15 is 0 Å². The minimum atomic E-state index is -0.762. The van der Waals surface area contributed by atoms with Crippen LogP contribution in [0.2, 0.25) is 0 Å². The van der Waals surface area contributed by atoms with Crippen LogP contribution in [0.5, 0.6) is 0 Å². The van der Waals surface area contributed by atoms with Gasteiger partial charge in [-0.3, -0.25) is 0 Å². The first-order chi connectivity index (χ1) is 4.66. The van der Waals surface area contributed by atoms with Crippen molar-refractivity contribution in [2.24, 2.45) is 11.5 Å². The second-order valence-corrected chi connectivity index (χ2v) is 4.37. The monoisotopic (exact) mass is 178 g/mol. The Labute approximate surface area is 70.1 Å². The fourth-order valence-corrected chi connectivity index (χ4v) is 2.12. The lowest BCUT2D eigenvalue weighted by atomic mass is 10.1. The van der Waals surface area contributed by atoms with Crippen LogP contribution < -0.4 is 11.5 Å². The van der Waals surface area contributed by atoms with Gasteiger partial charge in [0.25, 0.3) is 0 Å². The highest BCUT2D eigenvalue weighted by molar-refractivity contribution is 8.77. The minimum absolute atomic E-state index is 0.0660. The van der Waals surface area contributed by atoms with Crippen molar-refractivity contribution in [2.45, 2.75) is 11.4 Å². The molecule has 0 aromatic rings. The molecule has 0 aliphatic carbocycles. The van der Waals surface area contributed by atoms with Crippen LogP contribution in [0.4, 0.5) is 0 Å². The molecular formula is C4H11BN2OS2. The number of aliphatic hydroxyl groups is 1. The van der Waals surface area contributed by atoms with E-state index in [-0.39, 0.29) is 5.15 Å². The first-order valence-corrected chi connectivity index (χ1v) is 5.22. The fraction of sp³-hybridized carbons (Fsp3) is 1.00. The van der Waals surface area contributed by atoms with Gasteiger partial charge in [0, 0.05) is 5.75 Å². The molecule has 0 aromatic carbocycles. The van der Waals surface area contributed by atoms with Gasteiger partial charge in [0.2, 0.25) is 0 Å². The van der Waals surface area contributed by atoms with E-state index in [1.165, 1.54) is 21.6 Å². The highest BCUT2D eigenvalue weighted by Gasteiger charge is 2.01. The highest BCUT2D eigenvalue weighted by Crippen LogP contribution is 2.24. The van der Waals surface area contributed by atoms with Gasteiger partial charge in [-0.15, -0.1) is 0 Å². The van der Waals surface area contributed by atoms with E-state index < -0.39 is 6.23 Å². The molecule has 6 heteroatoms. The molecule has 58 valence electrons. The topological polar surface area (TPSA) is 72.3 Å². The second-order valence-electron chi connectivity index (χ2n) is 1.72. The van der Waals surface area contributed by atoms with Crippen molar-refractivity contribution in [1.29, 1.82) is 0 Å². The average Bonchev–Trinajstić information content (AvgIpc) is 1.87. The standard InChI is InChI=1S/C4H11BN2OS2/c5-3(1-6)10-9-2-4(7)8/h3-4,8H,1-2,6-7H2. The van der Waals surface area contributed by atoms with Gasteiger partial charge in [0.1, 0.15) is 6.23 Å². The fourth-order valence-electron chi connectivity index (χ4n) is 0.236. The molecule has 0 heterocycles. The summed E-state index contributed by atoms with van der Waals surface area (Å²) in [7, 11) is 8.32. The summed E-state index contributed by atoms with van der Waals surface area (Å²) in [4.78, 5) is 0. The Morgan fingerprint density at radius 1 is 1.60 bits per heavy atom. The molecule has 10 heavy (non-hydrogen) atoms. The average molecular weight is 178 g/mol. The molecular weight excluding hydrogens is 167 g/mol. The first-order valence-electron chi connectivity index (χ1n) is 2.84. The summed E-state index contributed by atoms with van der Waals surface area (Å²) in [5.41, 5.74) is 10.3. The largest absolute Gasteiger partial charge is 0.378 e. The molecule has 0 spiro atoms. The Hall–Kier alpha value is 0.645. The molecule has 2 unspecified atom stereocenters. The van der Waals surface area contributed by atoms with Gasteiger partial charge in [0.05, 0.1) is 7.85 Å². The number of aliphatic hydroxyl groups excluding tert-OH is 1. The van der Waals surface area contributed by atoms with E-state index in [0.29, 0.717) is 12.3 Å². The third-order valence-electron chi connectivity index (χ3n) is 0.663. The molecule has 5 N–H and O–H groups in total. The molecule has 0 aliphatic rings. The molecule has 2 radical (unpaired) electrons. The van der Waals surface area contributed by atoms with E-state index in [9.17, 15) is 0 Å². The second kappa shape index (κ2) is 6.36. The van der Waals surface area contributed by atoms with Crippen molar-refractivity contribution in [3.63, 3.8) is 0 Å². The van der Waals surface area contributed by atoms with Crippen LogP contribution in [0, 0.1) is 0 Å². The molecule has 0 rings (SSSR count). The lowest BCUT2D eigenvalue weighted by Gasteiger charge is -2.07. The maximum Gasteiger partial charge on any atom is 0.112 e. The molecule has 3 nitrogen and oxygen atoms in total. The van der Waals surface area contributed by atoms with Crippen LogP contribution in [0.25, 0.3) is 0 Å². The summed E-state index contributed by atoms with van der Waals surface area (Å²) in [5, 5.41) is 8.54. The molecule has 0 bridgehead atoms. The predicted molar refractivity (Wildman–Crippen MR) is 48.8 cm³/mol. The SMILES string of the molecule is [B]C(CN)SSCC(N)O. The van der Waals surface area contributed by atoms with Crippen LogP contribution in [-0.4, -0.2) is 36.6 Å². The predicted octanol–water partition coefficient (Wildman–Crippen LogP) is -0.902. The van der Waals surface area contributed by atoms with Gasteiger partial charge in [-0.2, -0.15) is 0 Å². The quantitative estimate of drug-likeness (QED) is 0.289. The van der Waals surface area contributed by atoms with Crippen LogP contribution in [0.1, 0.15) is 0 Å². The van der Waals surface area contributed by atoms with Gasteiger partial charge >= 0.3 is 0 Å². The molecule has 0 fully saturated rings. The zero-order valence-corrected chi connectivity index (χ0v) is 7.20. The summed E-state index contributed by atoms with van der Waals surface area (Å²) in [5.74, 6) is 0.484. The van der Waals surface area contributed by atoms with E-state index in [4.69, 9.17) is 24.4 Å². The maximum atomic E-state index is 8.61. The first kappa shape index (κ1) is 10.6. The van der Waals surface area contributed by atoms with E-state index in [1.807, 2.05) is 0 Å². The van der Waals surface area contributed by atoms with Gasteiger partial charge in [0.15, 0.2) is 0 Å². The molecule has 0 aromatic heterocycles. The van der Waals surface area contributed by atoms with E-state index in [2.05, 4.69) is 0 Å². The highest BCUT2D eigenvalue weighted by atomic mass is 33.1. The summed E-state index contributed by atoms with van der Waals surface area (Å²) in [6.07, 6.45) is -0.762. The minimum Gasteiger partial charge on any atom is -0.378 e. The van der Waals surface area contributed by atoms with Crippen molar-refractivity contribution < 1.29 is 5.11 Å². The summed E-state index contributed by atoms with van der Waals surface area (Å²) in [6, 6.07) is 0. The van der Waals surface area contributed by atoms with Crippen LogP contribution in [-0.2, 0) is 0 Å². The summed E-state index contributed by atoms with van der Waals surface area (Å²) >= 11 is 0. The smallest absolute Gasteiger partial charge is 0.112 e. The third kappa shape index (κ3) is 6.76. The van der Waals surface area contributed by atoms with Crippen LogP contribution >= 0.6 is 21.6 Å². The molecule has 0 saturated heterocycles. The normalized spacial score (nSPS) is 16.7. The Balaban J connectivity index is 3.03. The van der Waals surface area contributed by atoms with Crippen molar-refractivity contribution in [3.05, 3.63) is 0 Å². The zero-order chi connectivity index (χ0) is 7.98. The van der Waals surface area contributed by atoms with Crippen molar-refractivity contribution in [1.82, 2.24) is 0 Å². The maximum absolute atomic E-state index is 8.61. The molecule has 2 atom stereocenters. The van der Waals surface area contributed by atoms with Crippen LogP contribution in [0.15, 0.2) is 0 Å². The Kier molecular flexibility index (Phi) is 6.77. The van der Waals surface area contributed by atoms with Gasteiger partial charge < -0.3 is 16.6 Å². The zero-order valence-electron chi connectivity index (χ0n) is 5.56. The molecule has 0 aliphatic heterocycles. The lowest BCUT2D eigenvalue weighted by molar-refractivity contribution is 0.208. The third-order valence-corrected chi connectivity index (χ3v) is 3.27. The number of rotatable bonds is 5. The Morgan fingerprint density at radius 3 is 2.60 bits per heavy atom.